The summed E-state index contributed by atoms with van der Waals surface area (Å²) >= 11 is 3.28. The van der Waals surface area contributed by atoms with Gasteiger partial charge in [-0.05, 0) is 36.4 Å². The maximum absolute atomic E-state index is 5.79. The van der Waals surface area contributed by atoms with Crippen molar-refractivity contribution in [1.82, 2.24) is 25.0 Å². The second kappa shape index (κ2) is 6.69. The quantitative estimate of drug-likeness (QED) is 0.452. The Bertz CT molecular complexity index is 1010. The Hall–Kier alpha value is -2.45. The normalized spacial score (nSPS) is 14.0. The summed E-state index contributed by atoms with van der Waals surface area (Å²) in [5.74, 6) is 2.68. The summed E-state index contributed by atoms with van der Waals surface area (Å²) in [5.41, 5.74) is 0.928. The van der Waals surface area contributed by atoms with Crippen molar-refractivity contribution in [1.29, 1.82) is 0 Å². The Morgan fingerprint density at radius 3 is 2.69 bits per heavy atom. The molecule has 0 bridgehead atoms. The van der Waals surface area contributed by atoms with Crippen LogP contribution in [0.25, 0.3) is 22.2 Å². The molecular formula is C18H15N5OS2. The summed E-state index contributed by atoms with van der Waals surface area (Å²) in [7, 11) is 0. The summed E-state index contributed by atoms with van der Waals surface area (Å²) in [6.07, 6.45) is 2.37. The van der Waals surface area contributed by atoms with Crippen LogP contribution in [0.5, 0.6) is 0 Å². The number of nitrogens with zero attached hydrogens (tertiary/aromatic N) is 5. The van der Waals surface area contributed by atoms with Crippen LogP contribution in [0.15, 0.2) is 57.4 Å². The molecule has 0 N–H and O–H groups in total. The van der Waals surface area contributed by atoms with Crippen LogP contribution >= 0.6 is 23.1 Å². The molecule has 3 aromatic heterocycles. The predicted octanol–water partition coefficient (Wildman–Crippen LogP) is 4.68. The molecule has 6 nitrogen and oxygen atoms in total. The lowest BCUT2D eigenvalue weighted by Gasteiger charge is -2.06. The maximum atomic E-state index is 5.79. The van der Waals surface area contributed by atoms with Crippen LogP contribution in [-0.4, -0.2) is 25.0 Å². The lowest BCUT2D eigenvalue weighted by molar-refractivity contribution is 0.528. The summed E-state index contributed by atoms with van der Waals surface area (Å²) in [6, 6.07) is 14.4. The van der Waals surface area contributed by atoms with Gasteiger partial charge < -0.3 is 4.42 Å². The first-order valence-electron chi connectivity index (χ1n) is 8.38. The highest BCUT2D eigenvalue weighted by atomic mass is 32.2. The third kappa shape index (κ3) is 3.06. The van der Waals surface area contributed by atoms with Crippen molar-refractivity contribution >= 4 is 23.1 Å². The van der Waals surface area contributed by atoms with Gasteiger partial charge in [-0.2, -0.15) is 0 Å². The van der Waals surface area contributed by atoms with E-state index in [1.807, 2.05) is 36.4 Å². The summed E-state index contributed by atoms with van der Waals surface area (Å²) in [6.45, 7) is 0. The average Bonchev–Trinajstić information content (AvgIpc) is 3.10. The molecule has 5 rings (SSSR count). The van der Waals surface area contributed by atoms with E-state index in [9.17, 15) is 0 Å². The number of thioether (sulfide) groups is 1. The number of benzene rings is 1. The van der Waals surface area contributed by atoms with Crippen molar-refractivity contribution < 1.29 is 4.42 Å². The van der Waals surface area contributed by atoms with Crippen molar-refractivity contribution in [2.24, 2.45) is 0 Å². The zero-order valence-corrected chi connectivity index (χ0v) is 15.4. The summed E-state index contributed by atoms with van der Waals surface area (Å²) in [5, 5.41) is 20.1. The average molecular weight is 381 g/mol. The van der Waals surface area contributed by atoms with E-state index in [1.54, 1.807) is 23.1 Å². The highest BCUT2D eigenvalue weighted by molar-refractivity contribution is 7.98. The minimum absolute atomic E-state index is 0.507. The topological polar surface area (TPSA) is 69.6 Å². The Kier molecular flexibility index (Phi) is 4.06. The van der Waals surface area contributed by atoms with Gasteiger partial charge in [0.1, 0.15) is 0 Å². The van der Waals surface area contributed by atoms with Gasteiger partial charge in [-0.3, -0.25) is 4.57 Å². The van der Waals surface area contributed by atoms with Gasteiger partial charge in [0.25, 0.3) is 0 Å². The number of rotatable bonds is 6. The lowest BCUT2D eigenvalue weighted by atomic mass is 10.2. The Morgan fingerprint density at radius 2 is 1.92 bits per heavy atom. The van der Waals surface area contributed by atoms with Gasteiger partial charge in [0, 0.05) is 11.6 Å². The largest absolute Gasteiger partial charge is 0.420 e. The molecule has 4 aromatic rings. The minimum Gasteiger partial charge on any atom is -0.420 e. The highest BCUT2D eigenvalue weighted by Gasteiger charge is 2.30. The van der Waals surface area contributed by atoms with E-state index in [1.165, 1.54) is 12.8 Å². The predicted molar refractivity (Wildman–Crippen MR) is 101 cm³/mol. The molecule has 0 unspecified atom stereocenters. The first-order valence-corrected chi connectivity index (χ1v) is 10.2. The molecule has 0 amide bonds. The van der Waals surface area contributed by atoms with Gasteiger partial charge in [0.2, 0.25) is 11.8 Å². The molecule has 0 atom stereocenters. The van der Waals surface area contributed by atoms with E-state index < -0.39 is 0 Å². The van der Waals surface area contributed by atoms with Crippen LogP contribution in [0.4, 0.5) is 0 Å². The molecule has 1 fully saturated rings. The number of hydrogen-bond acceptors (Lipinski definition) is 7. The van der Waals surface area contributed by atoms with Crippen molar-refractivity contribution in [3.63, 3.8) is 0 Å². The van der Waals surface area contributed by atoms with Crippen LogP contribution in [0.2, 0.25) is 0 Å². The zero-order valence-electron chi connectivity index (χ0n) is 13.8. The van der Waals surface area contributed by atoms with Crippen molar-refractivity contribution in [3.8, 4) is 22.2 Å². The molecule has 1 aromatic carbocycles. The SMILES string of the molecule is c1ccc(-c2nnc(CSc3nnc(-c4cccs4)n3C3CC3)o2)cc1. The van der Waals surface area contributed by atoms with Gasteiger partial charge in [0.15, 0.2) is 11.0 Å². The van der Waals surface area contributed by atoms with Gasteiger partial charge >= 0.3 is 0 Å². The molecule has 26 heavy (non-hydrogen) atoms. The number of hydrogen-bond donors (Lipinski definition) is 0. The fourth-order valence-electron chi connectivity index (χ4n) is 2.75. The van der Waals surface area contributed by atoms with Crippen LogP contribution in [0.3, 0.4) is 0 Å². The van der Waals surface area contributed by atoms with Crippen molar-refractivity contribution in [2.45, 2.75) is 29.8 Å². The third-order valence-corrected chi connectivity index (χ3v) is 5.92. The van der Waals surface area contributed by atoms with E-state index in [4.69, 9.17) is 4.42 Å². The zero-order chi connectivity index (χ0) is 17.3. The molecule has 1 aliphatic rings. The van der Waals surface area contributed by atoms with Gasteiger partial charge in [-0.25, -0.2) is 0 Å². The van der Waals surface area contributed by atoms with Gasteiger partial charge in [0.05, 0.1) is 10.6 Å². The molecule has 1 saturated carbocycles. The number of aromatic nitrogens is 5. The van der Waals surface area contributed by atoms with E-state index in [0.29, 0.717) is 23.6 Å². The van der Waals surface area contributed by atoms with Gasteiger partial charge in [-0.1, -0.05) is 36.0 Å². The monoisotopic (exact) mass is 381 g/mol. The maximum Gasteiger partial charge on any atom is 0.247 e. The number of thiophene rings is 1. The Labute approximate surface area is 158 Å². The fourth-order valence-corrected chi connectivity index (χ4v) is 4.29. The molecule has 3 heterocycles. The molecule has 130 valence electrons. The molecule has 0 aliphatic heterocycles. The fraction of sp³-hybridized carbons (Fsp3) is 0.222. The van der Waals surface area contributed by atoms with Crippen LogP contribution in [0.1, 0.15) is 24.8 Å². The van der Waals surface area contributed by atoms with Crippen LogP contribution in [0, 0.1) is 0 Å². The second-order valence-electron chi connectivity index (χ2n) is 6.04. The summed E-state index contributed by atoms with van der Waals surface area (Å²) < 4.78 is 8.04. The second-order valence-corrected chi connectivity index (χ2v) is 7.93. The van der Waals surface area contributed by atoms with Crippen molar-refractivity contribution in [2.75, 3.05) is 0 Å². The molecule has 0 saturated heterocycles. The standard InChI is InChI=1S/C18H15N5OS2/c1-2-5-12(6-3-1)17-21-19-15(24-17)11-26-18-22-20-16(14-7-4-10-25-14)23(18)13-8-9-13/h1-7,10,13H,8-9,11H2. The van der Waals surface area contributed by atoms with Gasteiger partial charge in [-0.15, -0.1) is 31.7 Å². The molecule has 0 radical (unpaired) electrons. The molecule has 0 spiro atoms. The molecular weight excluding hydrogens is 366 g/mol. The highest BCUT2D eigenvalue weighted by Crippen LogP contribution is 2.42. The van der Waals surface area contributed by atoms with E-state index in [-0.39, 0.29) is 0 Å². The third-order valence-electron chi connectivity index (χ3n) is 4.13. The Balaban J connectivity index is 1.36. The van der Waals surface area contributed by atoms with Crippen LogP contribution < -0.4 is 0 Å². The Morgan fingerprint density at radius 1 is 1.04 bits per heavy atom. The lowest BCUT2D eigenvalue weighted by Crippen LogP contribution is -1.99. The smallest absolute Gasteiger partial charge is 0.247 e. The molecule has 1 aliphatic carbocycles. The van der Waals surface area contributed by atoms with E-state index in [2.05, 4.69) is 36.4 Å². The van der Waals surface area contributed by atoms with E-state index in [0.717, 1.165) is 21.4 Å². The minimum atomic E-state index is 0.507. The van der Waals surface area contributed by atoms with E-state index >= 15 is 0 Å². The first kappa shape index (κ1) is 15.8. The van der Waals surface area contributed by atoms with Crippen molar-refractivity contribution in [3.05, 3.63) is 53.7 Å². The first-order chi connectivity index (χ1) is 12.9. The van der Waals surface area contributed by atoms with Crippen LogP contribution in [-0.2, 0) is 5.75 Å². The molecule has 8 heteroatoms. The summed E-state index contributed by atoms with van der Waals surface area (Å²) in [4.78, 5) is 1.15.